The molecule has 4 nitrogen and oxygen atoms in total. The summed E-state index contributed by atoms with van der Waals surface area (Å²) in [5.41, 5.74) is 0.992. The number of hydrogen-bond acceptors (Lipinski definition) is 4. The highest BCUT2D eigenvalue weighted by atomic mass is 79.9. The van der Waals surface area contributed by atoms with Gasteiger partial charge in [0.1, 0.15) is 6.29 Å². The fourth-order valence-corrected chi connectivity index (χ4v) is 5.47. The SMILES string of the molecule is O=CC1CCNCC1c1ccc(S(=O)(=O)c2ccc3cc(Br)ccc3c2)cc1. The van der Waals surface area contributed by atoms with Gasteiger partial charge < -0.3 is 10.1 Å². The highest BCUT2D eigenvalue weighted by molar-refractivity contribution is 9.10. The molecule has 28 heavy (non-hydrogen) atoms. The van der Waals surface area contributed by atoms with Crippen molar-refractivity contribution in [3.63, 3.8) is 0 Å². The van der Waals surface area contributed by atoms with Gasteiger partial charge in [-0.2, -0.15) is 0 Å². The van der Waals surface area contributed by atoms with Crippen molar-refractivity contribution in [2.45, 2.75) is 22.1 Å². The Balaban J connectivity index is 1.66. The van der Waals surface area contributed by atoms with E-state index in [0.29, 0.717) is 0 Å². The van der Waals surface area contributed by atoms with Gasteiger partial charge in [-0.15, -0.1) is 0 Å². The van der Waals surface area contributed by atoms with E-state index >= 15 is 0 Å². The lowest BCUT2D eigenvalue weighted by Crippen LogP contribution is -2.35. The van der Waals surface area contributed by atoms with Crippen LogP contribution in [0.25, 0.3) is 10.8 Å². The average Bonchev–Trinajstić information content (AvgIpc) is 2.73. The van der Waals surface area contributed by atoms with Crippen LogP contribution in [0.15, 0.2) is 74.9 Å². The molecule has 1 fully saturated rings. The van der Waals surface area contributed by atoms with Gasteiger partial charge in [-0.05, 0) is 65.7 Å². The molecule has 0 aromatic heterocycles. The highest BCUT2D eigenvalue weighted by Crippen LogP contribution is 2.31. The van der Waals surface area contributed by atoms with E-state index in [-0.39, 0.29) is 21.6 Å². The number of aldehydes is 1. The first-order valence-corrected chi connectivity index (χ1v) is 11.5. The Kier molecular flexibility index (Phi) is 5.36. The molecule has 1 saturated heterocycles. The van der Waals surface area contributed by atoms with E-state index in [0.717, 1.165) is 46.6 Å². The molecule has 1 N–H and O–H groups in total. The van der Waals surface area contributed by atoms with Gasteiger partial charge in [-0.1, -0.05) is 40.2 Å². The van der Waals surface area contributed by atoms with E-state index < -0.39 is 9.84 Å². The molecule has 0 amide bonds. The van der Waals surface area contributed by atoms with Crippen LogP contribution < -0.4 is 5.32 Å². The van der Waals surface area contributed by atoms with E-state index in [2.05, 4.69) is 21.2 Å². The van der Waals surface area contributed by atoms with E-state index in [1.165, 1.54) is 0 Å². The maximum absolute atomic E-state index is 13.1. The van der Waals surface area contributed by atoms with Gasteiger partial charge in [0.05, 0.1) is 9.79 Å². The maximum Gasteiger partial charge on any atom is 0.206 e. The summed E-state index contributed by atoms with van der Waals surface area (Å²) >= 11 is 3.43. The molecule has 3 aromatic carbocycles. The largest absolute Gasteiger partial charge is 0.316 e. The average molecular weight is 458 g/mol. The lowest BCUT2D eigenvalue weighted by molar-refractivity contribution is -0.112. The minimum absolute atomic E-state index is 0.0245. The van der Waals surface area contributed by atoms with Crippen LogP contribution in [0.3, 0.4) is 0 Å². The Morgan fingerprint density at radius 2 is 1.61 bits per heavy atom. The number of hydrogen-bond donors (Lipinski definition) is 1. The van der Waals surface area contributed by atoms with Crippen molar-refractivity contribution in [2.75, 3.05) is 13.1 Å². The van der Waals surface area contributed by atoms with Gasteiger partial charge in [0.25, 0.3) is 0 Å². The number of halogens is 1. The molecule has 1 aliphatic rings. The second kappa shape index (κ2) is 7.78. The second-order valence-electron chi connectivity index (χ2n) is 7.12. The molecule has 144 valence electrons. The maximum atomic E-state index is 13.1. The highest BCUT2D eigenvalue weighted by Gasteiger charge is 2.26. The van der Waals surface area contributed by atoms with Gasteiger partial charge >= 0.3 is 0 Å². The van der Waals surface area contributed by atoms with E-state index in [1.807, 2.05) is 36.4 Å². The number of benzene rings is 3. The lowest BCUT2D eigenvalue weighted by Gasteiger charge is -2.28. The van der Waals surface area contributed by atoms with Crippen molar-refractivity contribution in [2.24, 2.45) is 5.92 Å². The molecule has 1 aliphatic heterocycles. The summed E-state index contributed by atoms with van der Waals surface area (Å²) < 4.78 is 27.1. The van der Waals surface area contributed by atoms with Crippen molar-refractivity contribution < 1.29 is 13.2 Å². The summed E-state index contributed by atoms with van der Waals surface area (Å²) in [7, 11) is -3.60. The molecule has 0 bridgehead atoms. The van der Waals surface area contributed by atoms with Crippen molar-refractivity contribution >= 4 is 42.8 Å². The first-order valence-electron chi connectivity index (χ1n) is 9.19. The van der Waals surface area contributed by atoms with Crippen molar-refractivity contribution in [3.05, 3.63) is 70.7 Å². The lowest BCUT2D eigenvalue weighted by atomic mass is 9.82. The predicted octanol–water partition coefficient (Wildman–Crippen LogP) is 4.33. The summed E-state index contributed by atoms with van der Waals surface area (Å²) in [4.78, 5) is 11.9. The molecule has 4 rings (SSSR count). The van der Waals surface area contributed by atoms with Gasteiger partial charge in [-0.3, -0.25) is 0 Å². The standard InChI is InChI=1S/C22H20BrNO3S/c23-19-5-1-17-12-21(8-4-16(17)11-19)28(26,27)20-6-2-15(3-7-20)22-13-24-10-9-18(22)14-25/h1-8,11-12,14,18,22,24H,9-10,13H2. The van der Waals surface area contributed by atoms with Gasteiger partial charge in [0.15, 0.2) is 0 Å². The first kappa shape index (κ1) is 19.3. The van der Waals surface area contributed by atoms with Gasteiger partial charge in [0, 0.05) is 22.9 Å². The van der Waals surface area contributed by atoms with E-state index in [9.17, 15) is 13.2 Å². The third kappa shape index (κ3) is 3.64. The zero-order valence-corrected chi connectivity index (χ0v) is 17.5. The minimum atomic E-state index is -3.60. The number of rotatable bonds is 4. The topological polar surface area (TPSA) is 63.2 Å². The molecule has 0 radical (unpaired) electrons. The molecular weight excluding hydrogens is 438 g/mol. The third-order valence-electron chi connectivity index (χ3n) is 5.41. The van der Waals surface area contributed by atoms with Gasteiger partial charge in [-0.25, -0.2) is 8.42 Å². The number of carbonyl (C=O) groups is 1. The number of nitrogens with one attached hydrogen (secondary N) is 1. The fourth-order valence-electron chi connectivity index (χ4n) is 3.80. The molecule has 6 heteroatoms. The van der Waals surface area contributed by atoms with Crippen LogP contribution in [-0.4, -0.2) is 27.8 Å². The van der Waals surface area contributed by atoms with Crippen LogP contribution in [-0.2, 0) is 14.6 Å². The molecule has 0 saturated carbocycles. The molecule has 0 spiro atoms. The van der Waals surface area contributed by atoms with Crippen molar-refractivity contribution in [1.29, 1.82) is 0 Å². The number of fused-ring (bicyclic) bond motifs is 1. The summed E-state index contributed by atoms with van der Waals surface area (Å²) in [5.74, 6) is 0.0608. The van der Waals surface area contributed by atoms with Crippen LogP contribution in [0.2, 0.25) is 0 Å². The zero-order chi connectivity index (χ0) is 19.7. The summed E-state index contributed by atoms with van der Waals surface area (Å²) in [6.45, 7) is 1.57. The number of carbonyl (C=O) groups excluding carboxylic acids is 1. The molecule has 0 aliphatic carbocycles. The molecule has 1 heterocycles. The summed E-state index contributed by atoms with van der Waals surface area (Å²) in [6.07, 6.45) is 1.82. The molecule has 3 aromatic rings. The van der Waals surface area contributed by atoms with Crippen LogP contribution in [0.1, 0.15) is 17.9 Å². The summed E-state index contributed by atoms with van der Waals surface area (Å²) in [5, 5.41) is 5.17. The second-order valence-corrected chi connectivity index (χ2v) is 9.99. The molecular formula is C22H20BrNO3S. The normalized spacial score (nSPS) is 20.2. The molecule has 2 atom stereocenters. The Morgan fingerprint density at radius 3 is 2.36 bits per heavy atom. The zero-order valence-electron chi connectivity index (χ0n) is 15.1. The monoisotopic (exact) mass is 457 g/mol. The Labute approximate surface area is 173 Å². The summed E-state index contributed by atoms with van der Waals surface area (Å²) in [6, 6.07) is 17.9. The van der Waals surface area contributed by atoms with Crippen molar-refractivity contribution in [3.8, 4) is 0 Å². The fraction of sp³-hybridized carbons (Fsp3) is 0.227. The van der Waals surface area contributed by atoms with Gasteiger partial charge in [0.2, 0.25) is 9.84 Å². The van der Waals surface area contributed by atoms with E-state index in [1.54, 1.807) is 24.3 Å². The quantitative estimate of drug-likeness (QED) is 0.592. The van der Waals surface area contributed by atoms with Crippen LogP contribution in [0.4, 0.5) is 0 Å². The number of sulfone groups is 1. The van der Waals surface area contributed by atoms with Crippen LogP contribution in [0, 0.1) is 5.92 Å². The Bertz CT molecular complexity index is 1130. The third-order valence-corrected chi connectivity index (χ3v) is 7.67. The minimum Gasteiger partial charge on any atom is -0.316 e. The van der Waals surface area contributed by atoms with Crippen LogP contribution >= 0.6 is 15.9 Å². The molecule has 2 unspecified atom stereocenters. The Morgan fingerprint density at radius 1 is 0.929 bits per heavy atom. The first-order chi connectivity index (χ1) is 13.5. The smallest absolute Gasteiger partial charge is 0.206 e. The predicted molar refractivity (Wildman–Crippen MR) is 113 cm³/mol. The van der Waals surface area contributed by atoms with E-state index in [4.69, 9.17) is 0 Å². The van der Waals surface area contributed by atoms with Crippen LogP contribution in [0.5, 0.6) is 0 Å². The van der Waals surface area contributed by atoms with Crippen molar-refractivity contribution in [1.82, 2.24) is 5.32 Å². The Hall–Kier alpha value is -2.02. The number of piperidine rings is 1.